The van der Waals surface area contributed by atoms with Crippen molar-refractivity contribution in [2.45, 2.75) is 18.7 Å². The number of hydrogen-bond acceptors (Lipinski definition) is 9. The van der Waals surface area contributed by atoms with Crippen LogP contribution in [0.15, 0.2) is 51.5 Å². The molecule has 30 heavy (non-hydrogen) atoms. The Morgan fingerprint density at radius 3 is 2.37 bits per heavy atom. The molecule has 0 unspecified atom stereocenters. The zero-order valence-electron chi connectivity index (χ0n) is 16.8. The molecule has 3 rings (SSSR count). The van der Waals surface area contributed by atoms with Crippen LogP contribution in [-0.4, -0.2) is 39.3 Å². The van der Waals surface area contributed by atoms with Gasteiger partial charge in [-0.25, -0.2) is 4.39 Å². The van der Waals surface area contributed by atoms with Gasteiger partial charge in [0.1, 0.15) is 11.6 Å². The van der Waals surface area contributed by atoms with Crippen molar-refractivity contribution in [2.75, 3.05) is 19.0 Å². The van der Waals surface area contributed by atoms with E-state index in [0.29, 0.717) is 28.6 Å². The minimum absolute atomic E-state index is 0.0606. The van der Waals surface area contributed by atoms with Gasteiger partial charge in [-0.3, -0.25) is 4.79 Å². The first-order valence-electron chi connectivity index (χ1n) is 8.86. The second-order valence-corrected chi connectivity index (χ2v) is 7.62. The van der Waals surface area contributed by atoms with E-state index in [1.54, 1.807) is 57.1 Å². The Bertz CT molecular complexity index is 1110. The first-order chi connectivity index (χ1) is 14.2. The normalized spacial score (nSPS) is 11.1. The maximum Gasteiger partial charge on any atom is 0.274 e. The minimum Gasteiger partial charge on any atom is -0.507 e. The van der Waals surface area contributed by atoms with E-state index in [4.69, 9.17) is 0 Å². The molecule has 0 fully saturated rings. The standard InChI is InChI=1S/C20H19FN6O2S/c1-11-9-13(10-12(2)16(11)28)25-26-19-22-17(23-20(24-19)27(3)4)18(29)30-15-8-6-5-7-14(15)21/h5-10,28H,1-4H3. The quantitative estimate of drug-likeness (QED) is 0.464. The van der Waals surface area contributed by atoms with Crippen molar-refractivity contribution in [2.24, 2.45) is 10.2 Å². The number of carbonyl (C=O) groups is 1. The van der Waals surface area contributed by atoms with E-state index in [0.717, 1.165) is 0 Å². The number of nitrogens with zero attached hydrogens (tertiary/aromatic N) is 6. The molecule has 0 amide bonds. The molecule has 10 heteroatoms. The second kappa shape index (κ2) is 8.95. The van der Waals surface area contributed by atoms with Crippen LogP contribution in [0.1, 0.15) is 21.7 Å². The summed E-state index contributed by atoms with van der Waals surface area (Å²) in [6, 6.07) is 9.29. The number of anilines is 1. The number of thioether (sulfide) groups is 1. The molecule has 154 valence electrons. The highest BCUT2D eigenvalue weighted by Gasteiger charge is 2.18. The number of aromatic hydroxyl groups is 1. The van der Waals surface area contributed by atoms with Gasteiger partial charge >= 0.3 is 0 Å². The van der Waals surface area contributed by atoms with Crippen molar-refractivity contribution in [3.8, 4) is 5.75 Å². The number of rotatable bonds is 5. The molecule has 8 nitrogen and oxygen atoms in total. The Hall–Kier alpha value is -3.40. The number of benzene rings is 2. The molecule has 0 bridgehead atoms. The molecule has 0 saturated heterocycles. The van der Waals surface area contributed by atoms with Crippen LogP contribution in [0.25, 0.3) is 0 Å². The zero-order valence-corrected chi connectivity index (χ0v) is 17.6. The first-order valence-corrected chi connectivity index (χ1v) is 9.68. The molecule has 0 saturated carbocycles. The van der Waals surface area contributed by atoms with E-state index in [-0.39, 0.29) is 28.4 Å². The molecule has 0 aliphatic rings. The van der Waals surface area contributed by atoms with E-state index < -0.39 is 10.9 Å². The molecule has 2 aromatic carbocycles. The van der Waals surface area contributed by atoms with Crippen LogP contribution in [0.3, 0.4) is 0 Å². The van der Waals surface area contributed by atoms with Gasteiger partial charge in [-0.05, 0) is 61.0 Å². The highest BCUT2D eigenvalue weighted by atomic mass is 32.2. The first kappa shape index (κ1) is 21.3. The summed E-state index contributed by atoms with van der Waals surface area (Å²) in [7, 11) is 3.42. The molecular weight excluding hydrogens is 407 g/mol. The fourth-order valence-corrected chi connectivity index (χ4v) is 3.15. The van der Waals surface area contributed by atoms with Gasteiger partial charge in [-0.2, -0.15) is 15.0 Å². The predicted molar refractivity (Wildman–Crippen MR) is 112 cm³/mol. The summed E-state index contributed by atoms with van der Waals surface area (Å²) in [5.41, 5.74) is 1.82. The van der Waals surface area contributed by atoms with Gasteiger partial charge in [0.25, 0.3) is 11.1 Å². The lowest BCUT2D eigenvalue weighted by molar-refractivity contribution is 0.108. The monoisotopic (exact) mass is 426 g/mol. The van der Waals surface area contributed by atoms with Crippen molar-refractivity contribution < 1.29 is 14.3 Å². The van der Waals surface area contributed by atoms with Crippen LogP contribution in [0, 0.1) is 19.7 Å². The van der Waals surface area contributed by atoms with Gasteiger partial charge in [-0.1, -0.05) is 12.1 Å². The van der Waals surface area contributed by atoms with Gasteiger partial charge in [0, 0.05) is 14.1 Å². The Morgan fingerprint density at radius 1 is 1.07 bits per heavy atom. The number of aromatic nitrogens is 3. The van der Waals surface area contributed by atoms with Crippen LogP contribution in [0.5, 0.6) is 5.75 Å². The van der Waals surface area contributed by atoms with Crippen molar-refractivity contribution in [3.05, 3.63) is 59.2 Å². The van der Waals surface area contributed by atoms with Crippen molar-refractivity contribution in [3.63, 3.8) is 0 Å². The molecule has 1 N–H and O–H groups in total. The number of halogens is 1. The van der Waals surface area contributed by atoms with E-state index in [9.17, 15) is 14.3 Å². The van der Waals surface area contributed by atoms with Crippen LogP contribution in [0.4, 0.5) is 22.0 Å². The molecule has 0 atom stereocenters. The summed E-state index contributed by atoms with van der Waals surface area (Å²) in [6.07, 6.45) is 0. The maximum atomic E-state index is 13.9. The Labute approximate surface area is 176 Å². The molecule has 0 spiro atoms. The summed E-state index contributed by atoms with van der Waals surface area (Å²) in [4.78, 5) is 26.8. The van der Waals surface area contributed by atoms with Gasteiger partial charge in [0.2, 0.25) is 11.8 Å². The molecular formula is C20H19FN6O2S. The number of phenols is 1. The Kier molecular flexibility index (Phi) is 6.36. The summed E-state index contributed by atoms with van der Waals surface area (Å²) in [5, 5.41) is 17.5. The van der Waals surface area contributed by atoms with Gasteiger partial charge in [0.05, 0.1) is 10.6 Å². The third-order valence-electron chi connectivity index (χ3n) is 3.96. The van der Waals surface area contributed by atoms with E-state index >= 15 is 0 Å². The molecule has 0 aliphatic carbocycles. The summed E-state index contributed by atoms with van der Waals surface area (Å²) < 4.78 is 13.9. The lowest BCUT2D eigenvalue weighted by atomic mass is 10.1. The Balaban J connectivity index is 1.93. The lowest BCUT2D eigenvalue weighted by Crippen LogP contribution is -2.15. The largest absolute Gasteiger partial charge is 0.507 e. The lowest BCUT2D eigenvalue weighted by Gasteiger charge is -2.10. The third-order valence-corrected chi connectivity index (χ3v) is 4.88. The number of aryl methyl sites for hydroxylation is 2. The van der Waals surface area contributed by atoms with Crippen molar-refractivity contribution in [1.82, 2.24) is 15.0 Å². The molecule has 0 aliphatic heterocycles. The molecule has 1 heterocycles. The van der Waals surface area contributed by atoms with E-state index in [1.807, 2.05) is 0 Å². The Morgan fingerprint density at radius 2 is 1.73 bits per heavy atom. The van der Waals surface area contributed by atoms with Gasteiger partial charge < -0.3 is 10.0 Å². The third kappa shape index (κ3) is 4.95. The van der Waals surface area contributed by atoms with Gasteiger partial charge in [0.15, 0.2) is 0 Å². The number of phenolic OH excluding ortho intramolecular Hbond substituents is 1. The average molecular weight is 426 g/mol. The van der Waals surface area contributed by atoms with Crippen LogP contribution < -0.4 is 4.90 Å². The van der Waals surface area contributed by atoms with E-state index in [2.05, 4.69) is 25.2 Å². The fourth-order valence-electron chi connectivity index (χ4n) is 2.46. The molecule has 1 aromatic heterocycles. The highest BCUT2D eigenvalue weighted by Crippen LogP contribution is 2.29. The summed E-state index contributed by atoms with van der Waals surface area (Å²) in [6.45, 7) is 3.51. The second-order valence-electron chi connectivity index (χ2n) is 6.60. The topological polar surface area (TPSA) is 104 Å². The highest BCUT2D eigenvalue weighted by molar-refractivity contribution is 8.14. The average Bonchev–Trinajstić information content (AvgIpc) is 2.71. The van der Waals surface area contributed by atoms with Crippen LogP contribution in [0.2, 0.25) is 0 Å². The number of azo groups is 1. The number of hydrogen-bond donors (Lipinski definition) is 1. The van der Waals surface area contributed by atoms with Crippen molar-refractivity contribution in [1.29, 1.82) is 0 Å². The van der Waals surface area contributed by atoms with Crippen LogP contribution >= 0.6 is 11.8 Å². The predicted octanol–water partition coefficient (Wildman–Crippen LogP) is 4.75. The maximum absolute atomic E-state index is 13.9. The fraction of sp³-hybridized carbons (Fsp3) is 0.200. The molecule has 0 radical (unpaired) electrons. The van der Waals surface area contributed by atoms with Gasteiger partial charge in [-0.15, -0.1) is 10.2 Å². The van der Waals surface area contributed by atoms with Crippen LogP contribution in [-0.2, 0) is 0 Å². The smallest absolute Gasteiger partial charge is 0.274 e. The van der Waals surface area contributed by atoms with Crippen molar-refractivity contribution >= 4 is 34.5 Å². The zero-order chi connectivity index (χ0) is 21.8. The minimum atomic E-state index is -0.543. The van der Waals surface area contributed by atoms with E-state index in [1.165, 1.54) is 12.1 Å². The summed E-state index contributed by atoms with van der Waals surface area (Å²) in [5.74, 6) is -0.309. The SMILES string of the molecule is Cc1cc(N=Nc2nc(C(=O)Sc3ccccc3F)nc(N(C)C)n2)cc(C)c1O. The summed E-state index contributed by atoms with van der Waals surface area (Å²) >= 11 is 0.687. The molecule has 3 aromatic rings. The number of carbonyl (C=O) groups excluding carboxylic acids is 1.